The first kappa shape index (κ1) is 24.8. The van der Waals surface area contributed by atoms with E-state index in [4.69, 9.17) is 0 Å². The van der Waals surface area contributed by atoms with Gasteiger partial charge >= 0.3 is 0 Å². The van der Waals surface area contributed by atoms with Gasteiger partial charge in [-0.05, 0) is 49.9 Å². The van der Waals surface area contributed by atoms with Crippen molar-refractivity contribution in [3.05, 3.63) is 71.0 Å². The Morgan fingerprint density at radius 1 is 0.968 bits per heavy atom. The molecule has 0 radical (unpaired) electrons. The second-order valence-electron chi connectivity index (χ2n) is 7.04. The number of fused-ring (bicyclic) bond motifs is 1. The summed E-state index contributed by atoms with van der Waals surface area (Å²) in [4.78, 5) is 30.5. The Morgan fingerprint density at radius 3 is 2.26 bits per heavy atom. The highest BCUT2D eigenvalue weighted by Crippen LogP contribution is 2.22. The number of hydrogen-bond acceptors (Lipinski definition) is 3. The van der Waals surface area contributed by atoms with E-state index in [0.29, 0.717) is 55.1 Å². The third-order valence-electron chi connectivity index (χ3n) is 4.93. The number of carbonyl (C=O) groups excluding carboxylic acids is 2. The van der Waals surface area contributed by atoms with E-state index in [2.05, 4.69) is 15.6 Å². The van der Waals surface area contributed by atoms with Crippen LogP contribution in [0.15, 0.2) is 53.5 Å². The molecule has 0 spiro atoms. The summed E-state index contributed by atoms with van der Waals surface area (Å²) in [5.74, 6) is 0.0356. The smallest absolute Gasteiger partial charge is 0.261 e. The van der Waals surface area contributed by atoms with Crippen LogP contribution in [0.2, 0.25) is 0 Å². The standard InChI is InChI=1S/C23H27FN4O2.HI/c1-2-25-23(27-15-13-17-9-3-6-12-20(17)24)26-14-7-8-16-28-21(29)18-10-4-5-11-19(18)22(28)30;/h3-6,9-12H,2,7-8,13-16H2,1H3,(H2,25,26,27);1H. The maximum absolute atomic E-state index is 13.7. The normalized spacial score (nSPS) is 13.1. The SMILES string of the molecule is CCNC(=NCCCCN1C(=O)c2ccccc2C1=O)NCCc1ccccc1F.I. The summed E-state index contributed by atoms with van der Waals surface area (Å²) in [7, 11) is 0. The largest absolute Gasteiger partial charge is 0.357 e. The molecular weight excluding hydrogens is 510 g/mol. The maximum Gasteiger partial charge on any atom is 0.261 e. The van der Waals surface area contributed by atoms with Gasteiger partial charge in [0, 0.05) is 26.2 Å². The molecule has 3 rings (SSSR count). The fourth-order valence-corrected chi connectivity index (χ4v) is 3.37. The Hall–Kier alpha value is -2.49. The number of amides is 2. The number of guanidine groups is 1. The van der Waals surface area contributed by atoms with Gasteiger partial charge in [0.1, 0.15) is 5.82 Å². The van der Waals surface area contributed by atoms with Crippen LogP contribution in [-0.4, -0.2) is 48.9 Å². The molecule has 1 heterocycles. The van der Waals surface area contributed by atoms with Crippen molar-refractivity contribution >= 4 is 41.8 Å². The van der Waals surface area contributed by atoms with Crippen LogP contribution in [0.1, 0.15) is 46.0 Å². The molecule has 31 heavy (non-hydrogen) atoms. The number of benzene rings is 2. The fourth-order valence-electron chi connectivity index (χ4n) is 3.37. The van der Waals surface area contributed by atoms with E-state index in [0.717, 1.165) is 13.0 Å². The van der Waals surface area contributed by atoms with E-state index in [1.165, 1.54) is 11.0 Å². The molecule has 2 amide bonds. The van der Waals surface area contributed by atoms with Crippen LogP contribution >= 0.6 is 24.0 Å². The third-order valence-corrected chi connectivity index (χ3v) is 4.93. The van der Waals surface area contributed by atoms with Gasteiger partial charge in [-0.3, -0.25) is 19.5 Å². The highest BCUT2D eigenvalue weighted by atomic mass is 127. The number of carbonyl (C=O) groups is 2. The van der Waals surface area contributed by atoms with Gasteiger partial charge in [0.15, 0.2) is 5.96 Å². The first-order chi connectivity index (χ1) is 14.6. The zero-order valence-corrected chi connectivity index (χ0v) is 19.9. The molecule has 0 aromatic heterocycles. The minimum Gasteiger partial charge on any atom is -0.357 e. The van der Waals surface area contributed by atoms with Crippen molar-refractivity contribution in [3.63, 3.8) is 0 Å². The van der Waals surface area contributed by atoms with Crippen LogP contribution in [0.25, 0.3) is 0 Å². The van der Waals surface area contributed by atoms with Gasteiger partial charge in [-0.25, -0.2) is 4.39 Å². The molecule has 8 heteroatoms. The van der Waals surface area contributed by atoms with E-state index >= 15 is 0 Å². The Balaban J connectivity index is 0.00000341. The zero-order chi connectivity index (χ0) is 21.3. The molecule has 2 aromatic carbocycles. The molecule has 0 unspecified atom stereocenters. The molecule has 1 aliphatic heterocycles. The molecule has 2 N–H and O–H groups in total. The molecular formula is C23H28FIN4O2. The number of hydrogen-bond donors (Lipinski definition) is 2. The molecule has 0 atom stereocenters. The highest BCUT2D eigenvalue weighted by molar-refractivity contribution is 14.0. The molecule has 166 valence electrons. The number of aliphatic imine (C=N–C) groups is 1. The Kier molecular flexibility index (Phi) is 9.90. The van der Waals surface area contributed by atoms with E-state index in [1.54, 1.807) is 36.4 Å². The summed E-state index contributed by atoms with van der Waals surface area (Å²) in [6.07, 6.45) is 2.00. The van der Waals surface area contributed by atoms with E-state index in [-0.39, 0.29) is 41.6 Å². The summed E-state index contributed by atoms with van der Waals surface area (Å²) in [6, 6.07) is 13.7. The van der Waals surface area contributed by atoms with Crippen LogP contribution in [0.3, 0.4) is 0 Å². The second kappa shape index (κ2) is 12.4. The fraction of sp³-hybridized carbons (Fsp3) is 0.348. The first-order valence-electron chi connectivity index (χ1n) is 10.3. The van der Waals surface area contributed by atoms with E-state index in [9.17, 15) is 14.0 Å². The minimum absolute atomic E-state index is 0. The predicted octanol–water partition coefficient (Wildman–Crippen LogP) is 3.62. The molecule has 0 saturated heterocycles. The van der Waals surface area contributed by atoms with Crippen molar-refractivity contribution in [2.45, 2.75) is 26.2 Å². The van der Waals surface area contributed by atoms with Gasteiger partial charge < -0.3 is 10.6 Å². The Morgan fingerprint density at radius 2 is 1.61 bits per heavy atom. The molecule has 1 aliphatic rings. The van der Waals surface area contributed by atoms with Crippen molar-refractivity contribution in [1.29, 1.82) is 0 Å². The summed E-state index contributed by atoms with van der Waals surface area (Å²) < 4.78 is 13.7. The van der Waals surface area contributed by atoms with Crippen LogP contribution in [0.5, 0.6) is 0 Å². The lowest BCUT2D eigenvalue weighted by Crippen LogP contribution is -2.38. The summed E-state index contributed by atoms with van der Waals surface area (Å²) in [5, 5.41) is 6.38. The quantitative estimate of drug-likeness (QED) is 0.168. The second-order valence-corrected chi connectivity index (χ2v) is 7.04. The highest BCUT2D eigenvalue weighted by Gasteiger charge is 2.34. The first-order valence-corrected chi connectivity index (χ1v) is 10.3. The van der Waals surface area contributed by atoms with Gasteiger partial charge in [-0.15, -0.1) is 24.0 Å². The average Bonchev–Trinajstić information content (AvgIpc) is 3.00. The lowest BCUT2D eigenvalue weighted by atomic mass is 10.1. The Bertz CT molecular complexity index is 900. The zero-order valence-electron chi connectivity index (χ0n) is 17.6. The number of halogens is 2. The maximum atomic E-state index is 13.7. The van der Waals surface area contributed by atoms with Crippen molar-refractivity contribution in [2.24, 2.45) is 4.99 Å². The van der Waals surface area contributed by atoms with Gasteiger partial charge in [0.05, 0.1) is 11.1 Å². The summed E-state index contributed by atoms with van der Waals surface area (Å²) in [6.45, 7) is 4.23. The molecule has 0 bridgehead atoms. The van der Waals surface area contributed by atoms with Crippen molar-refractivity contribution < 1.29 is 14.0 Å². The molecule has 6 nitrogen and oxygen atoms in total. The number of unbranched alkanes of at least 4 members (excludes halogenated alkanes) is 1. The third kappa shape index (κ3) is 6.49. The summed E-state index contributed by atoms with van der Waals surface area (Å²) >= 11 is 0. The number of nitrogens with zero attached hydrogens (tertiary/aromatic N) is 2. The summed E-state index contributed by atoms with van der Waals surface area (Å²) in [5.41, 5.74) is 1.63. The number of rotatable bonds is 9. The number of imide groups is 1. The van der Waals surface area contributed by atoms with E-state index < -0.39 is 0 Å². The Labute approximate surface area is 199 Å². The van der Waals surface area contributed by atoms with Gasteiger partial charge in [0.25, 0.3) is 11.8 Å². The van der Waals surface area contributed by atoms with Gasteiger partial charge in [-0.1, -0.05) is 30.3 Å². The monoisotopic (exact) mass is 538 g/mol. The number of nitrogens with one attached hydrogen (secondary N) is 2. The lowest BCUT2D eigenvalue weighted by Gasteiger charge is -2.14. The predicted molar refractivity (Wildman–Crippen MR) is 131 cm³/mol. The molecule has 2 aromatic rings. The van der Waals surface area contributed by atoms with Crippen LogP contribution in [0.4, 0.5) is 4.39 Å². The molecule has 0 aliphatic carbocycles. The van der Waals surface area contributed by atoms with E-state index in [1.807, 2.05) is 13.0 Å². The molecule has 0 saturated carbocycles. The van der Waals surface area contributed by atoms with Crippen LogP contribution in [-0.2, 0) is 6.42 Å². The average molecular weight is 538 g/mol. The lowest BCUT2D eigenvalue weighted by molar-refractivity contribution is 0.0652. The minimum atomic E-state index is -0.220. The van der Waals surface area contributed by atoms with Gasteiger partial charge in [-0.2, -0.15) is 0 Å². The van der Waals surface area contributed by atoms with Crippen LogP contribution in [0, 0.1) is 5.82 Å². The topological polar surface area (TPSA) is 73.8 Å². The van der Waals surface area contributed by atoms with Crippen LogP contribution < -0.4 is 10.6 Å². The van der Waals surface area contributed by atoms with Crippen molar-refractivity contribution in [2.75, 3.05) is 26.2 Å². The van der Waals surface area contributed by atoms with Crippen molar-refractivity contribution in [1.82, 2.24) is 15.5 Å². The molecule has 0 fully saturated rings. The van der Waals surface area contributed by atoms with Crippen molar-refractivity contribution in [3.8, 4) is 0 Å². The van der Waals surface area contributed by atoms with Gasteiger partial charge in [0.2, 0.25) is 0 Å².